The van der Waals surface area contributed by atoms with Crippen molar-refractivity contribution in [3.05, 3.63) is 0 Å². The van der Waals surface area contributed by atoms with E-state index in [2.05, 4.69) is 16.0 Å². The first kappa shape index (κ1) is 38.7. The van der Waals surface area contributed by atoms with Crippen LogP contribution in [0.15, 0.2) is 0 Å². The lowest BCUT2D eigenvalue weighted by molar-refractivity contribution is -0.144. The fourth-order valence-electron chi connectivity index (χ4n) is 7.16. The summed E-state index contributed by atoms with van der Waals surface area (Å²) in [6.45, 7) is 14.6. The second kappa shape index (κ2) is 14.8. The number of carbonyl (C=O) groups excluding carboxylic acids is 5. The van der Waals surface area contributed by atoms with E-state index in [0.717, 1.165) is 38.5 Å². The third-order valence-corrected chi connectivity index (χ3v) is 13.3. The van der Waals surface area contributed by atoms with Gasteiger partial charge in [-0.15, -0.1) is 0 Å². The summed E-state index contributed by atoms with van der Waals surface area (Å²) in [5, 5.41) is 8.63. The van der Waals surface area contributed by atoms with Gasteiger partial charge in [0.15, 0.2) is 9.84 Å². The molecule has 3 fully saturated rings. The highest BCUT2D eigenvalue weighted by Crippen LogP contribution is 2.36. The summed E-state index contributed by atoms with van der Waals surface area (Å²) < 4.78 is 25.6. The van der Waals surface area contributed by atoms with Crippen molar-refractivity contribution in [2.75, 3.05) is 12.3 Å². The van der Waals surface area contributed by atoms with Gasteiger partial charge >= 0.3 is 6.03 Å². The number of likely N-dealkylation sites (tertiary alicyclic amines) is 1. The quantitative estimate of drug-likeness (QED) is 0.228. The first-order valence-corrected chi connectivity index (χ1v) is 19.0. The monoisotopic (exact) mass is 681 g/mol. The van der Waals surface area contributed by atoms with E-state index < -0.39 is 73.2 Å². The normalized spacial score (nSPS) is 23.4. The van der Waals surface area contributed by atoms with Gasteiger partial charge in [0.2, 0.25) is 17.6 Å². The maximum Gasteiger partial charge on any atom is 0.315 e. The summed E-state index contributed by atoms with van der Waals surface area (Å²) in [5.74, 6) is -3.07. The Morgan fingerprint density at radius 1 is 0.894 bits per heavy atom. The van der Waals surface area contributed by atoms with Crippen LogP contribution in [0, 0.1) is 23.2 Å². The van der Waals surface area contributed by atoms with Gasteiger partial charge in [-0.3, -0.25) is 19.2 Å². The van der Waals surface area contributed by atoms with E-state index >= 15 is 0 Å². The Morgan fingerprint density at radius 3 is 1.96 bits per heavy atom. The van der Waals surface area contributed by atoms with Crippen LogP contribution < -0.4 is 21.7 Å². The van der Waals surface area contributed by atoms with Gasteiger partial charge in [-0.05, 0) is 69.6 Å². The Hall–Kier alpha value is -2.70. The summed E-state index contributed by atoms with van der Waals surface area (Å²) in [7, 11) is -3.56. The van der Waals surface area contributed by atoms with E-state index in [1.54, 1.807) is 20.8 Å². The van der Waals surface area contributed by atoms with Gasteiger partial charge in [0.25, 0.3) is 5.91 Å². The summed E-state index contributed by atoms with van der Waals surface area (Å²) in [6.07, 6.45) is 7.25. The van der Waals surface area contributed by atoms with Crippen molar-refractivity contribution in [3.63, 3.8) is 0 Å². The molecule has 3 aliphatic rings. The van der Waals surface area contributed by atoms with Crippen LogP contribution >= 0.6 is 0 Å². The average Bonchev–Trinajstić information content (AvgIpc) is 3.37. The van der Waals surface area contributed by atoms with E-state index in [0.29, 0.717) is 25.7 Å². The lowest BCUT2D eigenvalue weighted by atomic mass is 9.80. The molecule has 0 spiro atoms. The number of amides is 5. The minimum Gasteiger partial charge on any atom is -0.363 e. The molecule has 1 saturated heterocycles. The second-order valence-corrected chi connectivity index (χ2v) is 19.3. The fraction of sp³-hybridized carbons (Fsp3) is 0.853. The number of ketones is 1. The highest BCUT2D eigenvalue weighted by atomic mass is 32.2. The molecule has 12 nitrogen and oxygen atoms in total. The van der Waals surface area contributed by atoms with Crippen molar-refractivity contribution < 1.29 is 32.4 Å². The van der Waals surface area contributed by atoms with Crippen molar-refractivity contribution in [1.29, 1.82) is 0 Å². The van der Waals surface area contributed by atoms with E-state index in [9.17, 15) is 32.4 Å². The van der Waals surface area contributed by atoms with Crippen molar-refractivity contribution in [3.8, 4) is 0 Å². The Morgan fingerprint density at radius 2 is 1.49 bits per heavy atom. The maximum atomic E-state index is 14.4. The predicted octanol–water partition coefficient (Wildman–Crippen LogP) is 3.22. The van der Waals surface area contributed by atoms with Crippen LogP contribution in [0.4, 0.5) is 4.79 Å². The molecule has 47 heavy (non-hydrogen) atoms. The summed E-state index contributed by atoms with van der Waals surface area (Å²) in [5.41, 5.74) is 3.61. The molecule has 268 valence electrons. The van der Waals surface area contributed by atoms with Crippen molar-refractivity contribution in [2.45, 2.75) is 148 Å². The number of nitrogens with one attached hydrogen (secondary N) is 3. The topological polar surface area (TPSA) is 185 Å². The van der Waals surface area contributed by atoms with Crippen LogP contribution in [0.25, 0.3) is 0 Å². The predicted molar refractivity (Wildman–Crippen MR) is 181 cm³/mol. The van der Waals surface area contributed by atoms with Crippen LogP contribution in [-0.4, -0.2) is 83.6 Å². The van der Waals surface area contributed by atoms with Crippen LogP contribution in [0.3, 0.4) is 0 Å². The van der Waals surface area contributed by atoms with Crippen LogP contribution in [0.5, 0.6) is 0 Å². The number of hydrogen-bond acceptors (Lipinski definition) is 7. The molecule has 5 amide bonds. The number of urea groups is 1. The van der Waals surface area contributed by atoms with Crippen LogP contribution in [0.2, 0.25) is 0 Å². The lowest BCUT2D eigenvalue weighted by Gasteiger charge is -2.41. The molecule has 1 unspecified atom stereocenters. The third-order valence-electron chi connectivity index (χ3n) is 10.5. The molecule has 3 rings (SSSR count). The Bertz CT molecular complexity index is 1290. The molecule has 1 heterocycles. The first-order chi connectivity index (χ1) is 21.6. The molecular weight excluding hydrogens is 622 g/mol. The zero-order chi connectivity index (χ0) is 35.5. The van der Waals surface area contributed by atoms with Crippen LogP contribution in [-0.2, 0) is 29.0 Å². The van der Waals surface area contributed by atoms with E-state index in [1.165, 1.54) is 4.90 Å². The van der Waals surface area contributed by atoms with Gasteiger partial charge in [-0.1, -0.05) is 73.1 Å². The second-order valence-electron chi connectivity index (χ2n) is 16.6. The van der Waals surface area contributed by atoms with Crippen molar-refractivity contribution in [1.82, 2.24) is 20.9 Å². The number of hydrogen-bond donors (Lipinski definition) is 4. The minimum atomic E-state index is -3.56. The number of primary amides is 1. The number of nitrogens with zero attached hydrogens (tertiary/aromatic N) is 1. The van der Waals surface area contributed by atoms with Crippen molar-refractivity contribution in [2.24, 2.45) is 28.9 Å². The number of Topliss-reactive ketones (excluding diaryl/α,β-unsaturated/α-hetero) is 1. The maximum absolute atomic E-state index is 14.4. The number of nitrogens with two attached hydrogens (primary N) is 1. The van der Waals surface area contributed by atoms with Gasteiger partial charge in [0, 0.05) is 6.54 Å². The van der Waals surface area contributed by atoms with E-state index in [1.807, 2.05) is 34.6 Å². The standard InChI is InChI=1S/C34H59N5O7S/c1-21(2)23-15-18-39(25(23)29(42)36-24(26(40)28(35)41)19-22-13-12-14-22)30(43)27(32(3,4)5)37-31(44)38-34(16-10-9-11-17-34)20-47(45,46)33(6,7)8/h21-25,27H,9-20H2,1-8H3,(H2,35,41)(H,36,42)(H2,37,38,44)/t23-,24?,25+,27-/m1/s1. The Labute approximate surface area is 281 Å². The zero-order valence-corrected chi connectivity index (χ0v) is 30.6. The SMILES string of the molecule is CC(C)[C@H]1CCN(C(=O)[C@@H](NC(=O)NC2(CS(=O)(=O)C(C)(C)C)CCCCC2)C(C)(C)C)[C@@H]1C(=O)NC(CC1CCC1)C(=O)C(N)=O. The average molecular weight is 682 g/mol. The largest absolute Gasteiger partial charge is 0.363 e. The molecule has 5 N–H and O–H groups in total. The van der Waals surface area contributed by atoms with E-state index in [-0.39, 0.29) is 30.1 Å². The molecule has 1 aliphatic heterocycles. The summed E-state index contributed by atoms with van der Waals surface area (Å²) >= 11 is 0. The molecule has 0 aromatic rings. The summed E-state index contributed by atoms with van der Waals surface area (Å²) in [6, 6.07) is -3.64. The van der Waals surface area contributed by atoms with Gasteiger partial charge in [-0.2, -0.15) is 0 Å². The lowest BCUT2D eigenvalue weighted by Crippen LogP contribution is -2.64. The van der Waals surface area contributed by atoms with Crippen LogP contribution in [0.1, 0.15) is 120 Å². The Balaban J connectivity index is 1.86. The van der Waals surface area contributed by atoms with Gasteiger partial charge in [-0.25, -0.2) is 13.2 Å². The first-order valence-electron chi connectivity index (χ1n) is 17.3. The third kappa shape index (κ3) is 9.47. The summed E-state index contributed by atoms with van der Waals surface area (Å²) in [4.78, 5) is 68.1. The number of rotatable bonds is 12. The highest BCUT2D eigenvalue weighted by molar-refractivity contribution is 7.92. The number of carbonyl (C=O) groups is 5. The molecule has 2 saturated carbocycles. The highest BCUT2D eigenvalue weighted by Gasteiger charge is 2.49. The van der Waals surface area contributed by atoms with Gasteiger partial charge in [0.1, 0.15) is 12.1 Å². The molecule has 13 heteroatoms. The zero-order valence-electron chi connectivity index (χ0n) is 29.7. The molecular formula is C34H59N5O7S. The smallest absolute Gasteiger partial charge is 0.315 e. The van der Waals surface area contributed by atoms with Gasteiger partial charge in [0.05, 0.1) is 22.1 Å². The number of sulfone groups is 1. The molecule has 0 radical (unpaired) electrons. The fourth-order valence-corrected chi connectivity index (χ4v) is 8.68. The van der Waals surface area contributed by atoms with E-state index in [4.69, 9.17) is 5.73 Å². The Kier molecular flexibility index (Phi) is 12.2. The molecule has 0 aromatic heterocycles. The minimum absolute atomic E-state index is 0.0285. The van der Waals surface area contributed by atoms with Crippen molar-refractivity contribution >= 4 is 39.4 Å². The molecule has 4 atom stereocenters. The van der Waals surface area contributed by atoms with Gasteiger partial charge < -0.3 is 26.6 Å². The molecule has 0 aromatic carbocycles. The molecule has 2 aliphatic carbocycles. The molecule has 0 bridgehead atoms.